The molecule has 0 unspecified atom stereocenters. The molecule has 0 spiro atoms. The monoisotopic (exact) mass is 183 g/mol. The molecule has 0 saturated carbocycles. The molecule has 0 radical (unpaired) electrons. The van der Waals surface area contributed by atoms with Gasteiger partial charge in [-0.05, 0) is 11.5 Å². The van der Waals surface area contributed by atoms with Crippen molar-refractivity contribution in [3.05, 3.63) is 42.2 Å². The molecule has 1 aromatic heterocycles. The second kappa shape index (κ2) is 5.04. The van der Waals surface area contributed by atoms with Crippen LogP contribution in [0.1, 0.15) is 19.5 Å². The van der Waals surface area contributed by atoms with Crippen LogP contribution in [0, 0.1) is 12.3 Å². The molecule has 0 aliphatic heterocycles. The quantitative estimate of drug-likeness (QED) is 0.571. The highest BCUT2D eigenvalue weighted by Gasteiger charge is 1.92. The van der Waals surface area contributed by atoms with Gasteiger partial charge in [-0.15, -0.1) is 6.42 Å². The molecule has 0 atom stereocenters. The van der Waals surface area contributed by atoms with E-state index in [9.17, 15) is 0 Å². The summed E-state index contributed by atoms with van der Waals surface area (Å²) in [5.41, 5.74) is 0.689. The summed E-state index contributed by atoms with van der Waals surface area (Å²) in [6.07, 6.45) is 7.02. The molecular formula is C13H13N. The summed E-state index contributed by atoms with van der Waals surface area (Å²) in [5.74, 6) is 2.51. The SMILES string of the molecule is C#Cc1cc2ccccc2cn1.CC. The maximum Gasteiger partial charge on any atom is 0.113 e. The van der Waals surface area contributed by atoms with Crippen molar-refractivity contribution in [3.63, 3.8) is 0 Å². The predicted molar refractivity (Wildman–Crippen MR) is 61.0 cm³/mol. The van der Waals surface area contributed by atoms with E-state index in [-0.39, 0.29) is 0 Å². The van der Waals surface area contributed by atoms with Crippen LogP contribution < -0.4 is 0 Å². The van der Waals surface area contributed by atoms with Crippen LogP contribution in [-0.4, -0.2) is 4.98 Å². The Labute approximate surface area is 84.8 Å². The van der Waals surface area contributed by atoms with E-state index in [0.717, 1.165) is 10.8 Å². The van der Waals surface area contributed by atoms with E-state index in [0.29, 0.717) is 5.69 Å². The standard InChI is InChI=1S/C11H7N.C2H6/c1-2-11-7-9-5-3-4-6-10(9)8-12-11;1-2/h1,3-8H;1-2H3. The zero-order chi connectivity index (χ0) is 10.4. The number of terminal acetylenes is 1. The lowest BCUT2D eigenvalue weighted by Crippen LogP contribution is -1.81. The largest absolute Gasteiger partial charge is 0.247 e. The summed E-state index contributed by atoms with van der Waals surface area (Å²) < 4.78 is 0. The zero-order valence-electron chi connectivity index (χ0n) is 8.49. The highest BCUT2D eigenvalue weighted by molar-refractivity contribution is 5.82. The Hall–Kier alpha value is -1.81. The van der Waals surface area contributed by atoms with Gasteiger partial charge in [-0.25, -0.2) is 4.98 Å². The Morgan fingerprint density at radius 2 is 1.79 bits per heavy atom. The summed E-state index contributed by atoms with van der Waals surface area (Å²) in [6, 6.07) is 9.93. The fourth-order valence-electron chi connectivity index (χ4n) is 1.16. The van der Waals surface area contributed by atoms with E-state index in [2.05, 4.69) is 10.9 Å². The van der Waals surface area contributed by atoms with Crippen molar-refractivity contribution >= 4 is 10.8 Å². The Kier molecular flexibility index (Phi) is 3.69. The first-order chi connectivity index (χ1) is 6.90. The second-order valence-electron chi connectivity index (χ2n) is 2.56. The normalized spacial score (nSPS) is 8.64. The highest BCUT2D eigenvalue weighted by Crippen LogP contribution is 2.12. The molecule has 2 aromatic rings. The van der Waals surface area contributed by atoms with E-state index in [1.807, 2.05) is 44.2 Å². The Bertz CT molecular complexity index is 452. The number of nitrogens with zero attached hydrogens (tertiary/aromatic N) is 1. The molecule has 0 N–H and O–H groups in total. The van der Waals surface area contributed by atoms with Crippen LogP contribution in [0.15, 0.2) is 36.5 Å². The van der Waals surface area contributed by atoms with Crippen molar-refractivity contribution in [2.24, 2.45) is 0 Å². The third-order valence-corrected chi connectivity index (χ3v) is 1.78. The Balaban J connectivity index is 0.000000461. The van der Waals surface area contributed by atoms with E-state index < -0.39 is 0 Å². The van der Waals surface area contributed by atoms with Crippen molar-refractivity contribution in [2.75, 3.05) is 0 Å². The highest BCUT2D eigenvalue weighted by atomic mass is 14.7. The number of hydrogen-bond acceptors (Lipinski definition) is 1. The van der Waals surface area contributed by atoms with Gasteiger partial charge >= 0.3 is 0 Å². The van der Waals surface area contributed by atoms with E-state index in [4.69, 9.17) is 6.42 Å². The van der Waals surface area contributed by atoms with Crippen LogP contribution >= 0.6 is 0 Å². The lowest BCUT2D eigenvalue weighted by atomic mass is 10.1. The summed E-state index contributed by atoms with van der Waals surface area (Å²) in [4.78, 5) is 4.09. The van der Waals surface area contributed by atoms with Gasteiger partial charge in [-0.3, -0.25) is 0 Å². The Morgan fingerprint density at radius 1 is 1.14 bits per heavy atom. The molecule has 1 aromatic carbocycles. The number of fused-ring (bicyclic) bond motifs is 1. The van der Waals surface area contributed by atoms with E-state index >= 15 is 0 Å². The van der Waals surface area contributed by atoms with Gasteiger partial charge in [0, 0.05) is 11.6 Å². The van der Waals surface area contributed by atoms with Gasteiger partial charge in [0.15, 0.2) is 0 Å². The van der Waals surface area contributed by atoms with Crippen molar-refractivity contribution < 1.29 is 0 Å². The summed E-state index contributed by atoms with van der Waals surface area (Å²) in [7, 11) is 0. The van der Waals surface area contributed by atoms with Gasteiger partial charge in [0.05, 0.1) is 0 Å². The first-order valence-electron chi connectivity index (χ1n) is 4.71. The number of pyridine rings is 1. The fourth-order valence-corrected chi connectivity index (χ4v) is 1.16. The molecule has 70 valence electrons. The second-order valence-corrected chi connectivity index (χ2v) is 2.56. The molecule has 2 rings (SSSR count). The van der Waals surface area contributed by atoms with E-state index in [1.165, 1.54) is 0 Å². The van der Waals surface area contributed by atoms with Crippen LogP contribution in [0.4, 0.5) is 0 Å². The lowest BCUT2D eigenvalue weighted by molar-refractivity contribution is 1.32. The van der Waals surface area contributed by atoms with Gasteiger partial charge in [-0.1, -0.05) is 44.0 Å². The average Bonchev–Trinajstić information content (AvgIpc) is 2.31. The van der Waals surface area contributed by atoms with Crippen LogP contribution in [0.3, 0.4) is 0 Å². The molecule has 1 nitrogen and oxygen atoms in total. The van der Waals surface area contributed by atoms with Crippen LogP contribution in [0.2, 0.25) is 0 Å². The van der Waals surface area contributed by atoms with Gasteiger partial charge in [0.25, 0.3) is 0 Å². The van der Waals surface area contributed by atoms with Crippen molar-refractivity contribution in [3.8, 4) is 12.3 Å². The summed E-state index contributed by atoms with van der Waals surface area (Å²) in [5, 5.41) is 2.26. The molecule has 0 aliphatic rings. The van der Waals surface area contributed by atoms with Gasteiger partial charge in [-0.2, -0.15) is 0 Å². The first kappa shape index (κ1) is 10.3. The number of rotatable bonds is 0. The topological polar surface area (TPSA) is 12.9 Å². The Morgan fingerprint density at radius 3 is 2.43 bits per heavy atom. The van der Waals surface area contributed by atoms with Crippen LogP contribution in [0.5, 0.6) is 0 Å². The minimum absolute atomic E-state index is 0.689. The molecule has 0 fully saturated rings. The predicted octanol–water partition coefficient (Wildman–Crippen LogP) is 3.24. The third-order valence-electron chi connectivity index (χ3n) is 1.78. The maximum absolute atomic E-state index is 5.23. The van der Waals surface area contributed by atoms with Crippen molar-refractivity contribution in [1.82, 2.24) is 4.98 Å². The smallest absolute Gasteiger partial charge is 0.113 e. The molecule has 0 aliphatic carbocycles. The lowest BCUT2D eigenvalue weighted by Gasteiger charge is -1.95. The molecule has 0 amide bonds. The molecule has 0 bridgehead atoms. The van der Waals surface area contributed by atoms with Crippen LogP contribution in [-0.2, 0) is 0 Å². The van der Waals surface area contributed by atoms with Crippen LogP contribution in [0.25, 0.3) is 10.8 Å². The number of hydrogen-bond donors (Lipinski definition) is 0. The first-order valence-corrected chi connectivity index (χ1v) is 4.71. The number of aromatic nitrogens is 1. The minimum Gasteiger partial charge on any atom is -0.247 e. The van der Waals surface area contributed by atoms with Gasteiger partial charge in [0.1, 0.15) is 5.69 Å². The molecule has 14 heavy (non-hydrogen) atoms. The molecule has 1 heteroatoms. The zero-order valence-corrected chi connectivity index (χ0v) is 8.49. The molecule has 0 saturated heterocycles. The average molecular weight is 183 g/mol. The van der Waals surface area contributed by atoms with Gasteiger partial charge in [0.2, 0.25) is 0 Å². The maximum atomic E-state index is 5.23. The van der Waals surface area contributed by atoms with Crippen molar-refractivity contribution in [2.45, 2.75) is 13.8 Å². The number of benzene rings is 1. The minimum atomic E-state index is 0.689. The summed E-state index contributed by atoms with van der Waals surface area (Å²) in [6.45, 7) is 4.00. The molecular weight excluding hydrogens is 170 g/mol. The molecule has 1 heterocycles. The third kappa shape index (κ3) is 2.11. The fraction of sp³-hybridized carbons (Fsp3) is 0.154. The van der Waals surface area contributed by atoms with Gasteiger partial charge < -0.3 is 0 Å². The van der Waals surface area contributed by atoms with E-state index in [1.54, 1.807) is 6.20 Å². The van der Waals surface area contributed by atoms with Crippen molar-refractivity contribution in [1.29, 1.82) is 0 Å². The summed E-state index contributed by atoms with van der Waals surface area (Å²) >= 11 is 0.